The second kappa shape index (κ2) is 9.67. The molecule has 32 heavy (non-hydrogen) atoms. The number of benzene rings is 2. The molecule has 1 aromatic heterocycles. The SMILES string of the molecule is CS(=O)(=O)N1CCN(c2ccc(NC(=O)CSc3nnnn3-c3ccccc3)cc2)CC1. The van der Waals surface area contributed by atoms with Gasteiger partial charge in [0.15, 0.2) is 0 Å². The van der Waals surface area contributed by atoms with Gasteiger partial charge in [0.05, 0.1) is 17.7 Å². The third-order valence-electron chi connectivity index (χ3n) is 5.00. The standard InChI is InChI=1S/C20H23N7O3S2/c1-32(29,30)26-13-11-25(12-14-26)17-9-7-16(8-10-17)21-19(28)15-31-20-22-23-24-27(20)18-5-3-2-4-6-18/h2-10H,11-15H2,1H3,(H,21,28). The summed E-state index contributed by atoms with van der Waals surface area (Å²) in [7, 11) is -3.15. The van der Waals surface area contributed by atoms with Crippen LogP contribution in [0.3, 0.4) is 0 Å². The average molecular weight is 474 g/mol. The summed E-state index contributed by atoms with van der Waals surface area (Å²) in [5.41, 5.74) is 2.51. The summed E-state index contributed by atoms with van der Waals surface area (Å²) >= 11 is 1.26. The van der Waals surface area contributed by atoms with Crippen molar-refractivity contribution in [2.24, 2.45) is 0 Å². The topological polar surface area (TPSA) is 113 Å². The monoisotopic (exact) mass is 473 g/mol. The number of hydrogen-bond donors (Lipinski definition) is 1. The minimum absolute atomic E-state index is 0.160. The highest BCUT2D eigenvalue weighted by molar-refractivity contribution is 7.99. The molecular formula is C20H23N7O3S2. The third kappa shape index (κ3) is 5.44. The molecule has 1 aliphatic rings. The number of nitrogens with zero attached hydrogens (tertiary/aromatic N) is 6. The molecule has 1 N–H and O–H groups in total. The molecule has 1 aliphatic heterocycles. The van der Waals surface area contributed by atoms with Crippen LogP contribution in [0, 0.1) is 0 Å². The van der Waals surface area contributed by atoms with Gasteiger partial charge in [-0.3, -0.25) is 4.79 Å². The molecule has 1 amide bonds. The molecule has 0 unspecified atom stereocenters. The number of anilines is 2. The van der Waals surface area contributed by atoms with Gasteiger partial charge in [-0.05, 0) is 46.8 Å². The maximum absolute atomic E-state index is 12.4. The third-order valence-corrected chi connectivity index (χ3v) is 7.22. The predicted molar refractivity (Wildman–Crippen MR) is 124 cm³/mol. The second-order valence-electron chi connectivity index (χ2n) is 7.24. The lowest BCUT2D eigenvalue weighted by atomic mass is 10.2. The van der Waals surface area contributed by atoms with Crippen LogP contribution >= 0.6 is 11.8 Å². The van der Waals surface area contributed by atoms with Crippen molar-refractivity contribution >= 4 is 39.1 Å². The fraction of sp³-hybridized carbons (Fsp3) is 0.300. The summed E-state index contributed by atoms with van der Waals surface area (Å²) < 4.78 is 26.4. The van der Waals surface area contributed by atoms with Gasteiger partial charge in [-0.1, -0.05) is 30.0 Å². The molecule has 3 aromatic rings. The largest absolute Gasteiger partial charge is 0.369 e. The highest BCUT2D eigenvalue weighted by Gasteiger charge is 2.23. The summed E-state index contributed by atoms with van der Waals surface area (Å²) in [4.78, 5) is 14.5. The van der Waals surface area contributed by atoms with E-state index in [0.29, 0.717) is 37.0 Å². The van der Waals surface area contributed by atoms with Crippen LogP contribution in [0.5, 0.6) is 0 Å². The number of nitrogens with one attached hydrogen (secondary N) is 1. The van der Waals surface area contributed by atoms with Crippen LogP contribution in [0.4, 0.5) is 11.4 Å². The average Bonchev–Trinajstić information content (AvgIpc) is 3.27. The van der Waals surface area contributed by atoms with Crippen LogP contribution in [0.15, 0.2) is 59.8 Å². The minimum atomic E-state index is -3.15. The number of carbonyl (C=O) groups excluding carboxylic acids is 1. The van der Waals surface area contributed by atoms with Crippen LogP contribution < -0.4 is 10.2 Å². The Hall–Kier alpha value is -2.96. The lowest BCUT2D eigenvalue weighted by molar-refractivity contribution is -0.113. The molecule has 2 heterocycles. The lowest BCUT2D eigenvalue weighted by Crippen LogP contribution is -2.48. The molecule has 0 bridgehead atoms. The Morgan fingerprint density at radius 3 is 2.34 bits per heavy atom. The van der Waals surface area contributed by atoms with Gasteiger partial charge in [0, 0.05) is 37.6 Å². The summed E-state index contributed by atoms with van der Waals surface area (Å²) in [5, 5.41) is 15.1. The van der Waals surface area contributed by atoms with Gasteiger partial charge in [-0.2, -0.15) is 8.99 Å². The number of para-hydroxylation sites is 1. The van der Waals surface area contributed by atoms with Gasteiger partial charge in [-0.15, -0.1) is 5.10 Å². The van der Waals surface area contributed by atoms with E-state index in [0.717, 1.165) is 11.4 Å². The number of aromatic nitrogens is 4. The van der Waals surface area contributed by atoms with Gasteiger partial charge in [0.25, 0.3) is 0 Å². The quantitative estimate of drug-likeness (QED) is 0.514. The van der Waals surface area contributed by atoms with E-state index in [1.165, 1.54) is 22.3 Å². The number of carbonyl (C=O) groups is 1. The van der Waals surface area contributed by atoms with E-state index in [1.807, 2.05) is 54.6 Å². The smallest absolute Gasteiger partial charge is 0.234 e. The summed E-state index contributed by atoms with van der Waals surface area (Å²) in [6, 6.07) is 17.0. The first kappa shape index (κ1) is 22.2. The van der Waals surface area contributed by atoms with Crippen molar-refractivity contribution in [1.29, 1.82) is 0 Å². The summed E-state index contributed by atoms with van der Waals surface area (Å²) in [6.07, 6.45) is 1.24. The fourth-order valence-corrected chi connectivity index (χ4v) is 4.88. The Morgan fingerprint density at radius 2 is 1.69 bits per heavy atom. The van der Waals surface area contributed by atoms with Crippen molar-refractivity contribution in [1.82, 2.24) is 24.5 Å². The van der Waals surface area contributed by atoms with Gasteiger partial charge >= 0.3 is 0 Å². The maximum Gasteiger partial charge on any atom is 0.234 e. The molecule has 10 nitrogen and oxygen atoms in total. The van der Waals surface area contributed by atoms with Crippen LogP contribution in [0.1, 0.15) is 0 Å². The van der Waals surface area contributed by atoms with Crippen LogP contribution in [0.25, 0.3) is 5.69 Å². The zero-order chi connectivity index (χ0) is 22.6. The second-order valence-corrected chi connectivity index (χ2v) is 10.2. The normalized spacial score (nSPS) is 15.0. The molecule has 0 spiro atoms. The van der Waals surface area contributed by atoms with E-state index in [9.17, 15) is 13.2 Å². The van der Waals surface area contributed by atoms with E-state index in [1.54, 1.807) is 4.68 Å². The highest BCUT2D eigenvalue weighted by atomic mass is 32.2. The first-order valence-electron chi connectivity index (χ1n) is 9.97. The molecular weight excluding hydrogens is 450 g/mol. The highest BCUT2D eigenvalue weighted by Crippen LogP contribution is 2.21. The summed E-state index contributed by atoms with van der Waals surface area (Å²) in [6.45, 7) is 2.20. The molecule has 1 fully saturated rings. The minimum Gasteiger partial charge on any atom is -0.369 e. The first-order valence-corrected chi connectivity index (χ1v) is 12.8. The number of amides is 1. The number of hydrogen-bond acceptors (Lipinski definition) is 8. The molecule has 12 heteroatoms. The van der Waals surface area contributed by atoms with Gasteiger partial charge < -0.3 is 10.2 Å². The molecule has 1 saturated heterocycles. The first-order chi connectivity index (χ1) is 15.4. The number of piperazine rings is 1. The fourth-order valence-electron chi connectivity index (χ4n) is 3.36. The Kier molecular flexibility index (Phi) is 6.72. The van der Waals surface area contributed by atoms with E-state index < -0.39 is 10.0 Å². The molecule has 0 atom stereocenters. The predicted octanol–water partition coefficient (Wildman–Crippen LogP) is 1.47. The van der Waals surface area contributed by atoms with Crippen LogP contribution in [-0.2, 0) is 14.8 Å². The zero-order valence-electron chi connectivity index (χ0n) is 17.5. The van der Waals surface area contributed by atoms with E-state index >= 15 is 0 Å². The van der Waals surface area contributed by atoms with Crippen molar-refractivity contribution in [3.63, 3.8) is 0 Å². The maximum atomic E-state index is 12.4. The van der Waals surface area contributed by atoms with Crippen molar-refractivity contribution in [2.75, 3.05) is 48.4 Å². The van der Waals surface area contributed by atoms with Gasteiger partial charge in [0.2, 0.25) is 21.1 Å². The molecule has 4 rings (SSSR count). The Morgan fingerprint density at radius 1 is 1.00 bits per heavy atom. The Bertz CT molecular complexity index is 1160. The molecule has 168 valence electrons. The molecule has 2 aromatic carbocycles. The van der Waals surface area contributed by atoms with Crippen molar-refractivity contribution in [2.45, 2.75) is 5.16 Å². The number of sulfonamides is 1. The lowest BCUT2D eigenvalue weighted by Gasteiger charge is -2.34. The summed E-state index contributed by atoms with van der Waals surface area (Å²) in [5.74, 6) is 0.00899. The molecule has 0 radical (unpaired) electrons. The number of thioether (sulfide) groups is 1. The Balaban J connectivity index is 1.29. The zero-order valence-corrected chi connectivity index (χ0v) is 19.1. The van der Waals surface area contributed by atoms with Crippen molar-refractivity contribution in [3.8, 4) is 5.69 Å². The van der Waals surface area contributed by atoms with Crippen LogP contribution in [-0.4, -0.2) is 77.0 Å². The Labute approximate surface area is 190 Å². The molecule has 0 aliphatic carbocycles. The van der Waals surface area contributed by atoms with E-state index in [2.05, 4.69) is 25.7 Å². The van der Waals surface area contributed by atoms with Gasteiger partial charge in [0.1, 0.15) is 0 Å². The van der Waals surface area contributed by atoms with Crippen molar-refractivity contribution in [3.05, 3.63) is 54.6 Å². The molecule has 0 saturated carbocycles. The van der Waals surface area contributed by atoms with Crippen molar-refractivity contribution < 1.29 is 13.2 Å². The number of tetrazole rings is 1. The van der Waals surface area contributed by atoms with E-state index in [-0.39, 0.29) is 11.7 Å². The van der Waals surface area contributed by atoms with Crippen LogP contribution in [0.2, 0.25) is 0 Å². The van der Waals surface area contributed by atoms with Gasteiger partial charge in [-0.25, -0.2) is 8.42 Å². The number of rotatable bonds is 7. The van der Waals surface area contributed by atoms with E-state index in [4.69, 9.17) is 0 Å².